The molecule has 0 aromatic carbocycles. The number of hydrogen-bond donors (Lipinski definition) is 10. The summed E-state index contributed by atoms with van der Waals surface area (Å²) in [5.41, 5.74) is 0. The summed E-state index contributed by atoms with van der Waals surface area (Å²) in [6.45, 7) is 3.70. The predicted octanol–water partition coefficient (Wildman–Crippen LogP) is -0.431. The monoisotopic (exact) mass is 924 g/mol. The van der Waals surface area contributed by atoms with Gasteiger partial charge >= 0.3 is 35.8 Å². The Labute approximate surface area is 364 Å². The Morgan fingerprint density at radius 3 is 1.08 bits per heavy atom. The third-order valence-corrected chi connectivity index (χ3v) is 10.4. The topological polar surface area (TPSA) is 348 Å². The number of aliphatic carboxylic acids is 6. The van der Waals surface area contributed by atoms with Crippen molar-refractivity contribution in [2.45, 2.75) is 95.3 Å². The highest BCUT2D eigenvalue weighted by Crippen LogP contribution is 2.14. The van der Waals surface area contributed by atoms with Gasteiger partial charge < -0.3 is 70.0 Å². The molecule has 0 rings (SSSR count). The summed E-state index contributed by atoms with van der Waals surface area (Å²) in [5.74, 6) is -7.18. The van der Waals surface area contributed by atoms with E-state index in [0.29, 0.717) is 64.0 Å². The summed E-state index contributed by atoms with van der Waals surface area (Å²) in [4.78, 5) is 68.0. The molecule has 0 aromatic rings. The van der Waals surface area contributed by atoms with Crippen molar-refractivity contribution >= 4 is 59.3 Å². The Balaban J connectivity index is 0. The lowest BCUT2D eigenvalue weighted by Crippen LogP contribution is -2.48. The number of thioether (sulfide) groups is 2. The van der Waals surface area contributed by atoms with Gasteiger partial charge in [-0.1, -0.05) is 13.8 Å². The molecular formula is C37H68N2O20S2. The van der Waals surface area contributed by atoms with E-state index in [1.165, 1.54) is 11.8 Å². The number of unbranched alkanes of at least 4 members (excludes halogenated alkanes) is 2. The minimum atomic E-state index is -1.33. The molecule has 22 nitrogen and oxygen atoms in total. The van der Waals surface area contributed by atoms with Crippen LogP contribution in [-0.4, -0.2) is 235 Å². The fraction of sp³-hybridized carbons (Fsp3) is 0.838. The van der Waals surface area contributed by atoms with E-state index in [4.69, 9.17) is 39.4 Å². The lowest BCUT2D eigenvalue weighted by atomic mass is 10.2. The molecule has 0 aromatic heterocycles. The molecule has 0 radical (unpaired) electrons. The average molecular weight is 925 g/mol. The highest BCUT2D eigenvalue weighted by Gasteiger charge is 2.30. The second kappa shape index (κ2) is 38.8. The summed E-state index contributed by atoms with van der Waals surface area (Å²) < 4.78 is 21.3. The van der Waals surface area contributed by atoms with Gasteiger partial charge in [0, 0.05) is 43.7 Å². The van der Waals surface area contributed by atoms with E-state index in [9.17, 15) is 59.4 Å². The summed E-state index contributed by atoms with van der Waals surface area (Å²) in [5, 5.41) is 92.6. The maximum absolute atomic E-state index is 11.4. The van der Waals surface area contributed by atoms with Crippen LogP contribution in [0.4, 0.5) is 0 Å². The number of nitrogens with zero attached hydrogens (tertiary/aromatic N) is 2. The second-order valence-electron chi connectivity index (χ2n) is 13.6. The van der Waals surface area contributed by atoms with E-state index in [2.05, 4.69) is 0 Å². The van der Waals surface area contributed by atoms with Crippen LogP contribution in [0, 0.1) is 0 Å². The molecule has 0 aliphatic heterocycles. The van der Waals surface area contributed by atoms with Crippen LogP contribution in [0.2, 0.25) is 0 Å². The normalized spacial score (nSPS) is 14.4. The first kappa shape index (κ1) is 60.2. The van der Waals surface area contributed by atoms with E-state index in [-0.39, 0.29) is 31.1 Å². The minimum Gasteiger partial charge on any atom is -0.480 e. The van der Waals surface area contributed by atoms with Gasteiger partial charge in [-0.2, -0.15) is 23.5 Å². The van der Waals surface area contributed by atoms with Gasteiger partial charge in [0.15, 0.2) is 0 Å². The quantitative estimate of drug-likeness (QED) is 0.0348. The largest absolute Gasteiger partial charge is 0.480 e. The number of carboxylic acids is 6. The third-order valence-electron chi connectivity index (χ3n) is 8.08. The molecule has 6 atom stereocenters. The summed E-state index contributed by atoms with van der Waals surface area (Å²) in [7, 11) is 0. The van der Waals surface area contributed by atoms with E-state index >= 15 is 0 Å². The van der Waals surface area contributed by atoms with Crippen LogP contribution in [0.5, 0.6) is 0 Å². The molecule has 358 valence electrons. The first-order valence-corrected chi connectivity index (χ1v) is 22.1. The zero-order valence-corrected chi connectivity index (χ0v) is 36.6. The molecule has 0 amide bonds. The van der Waals surface area contributed by atoms with Crippen molar-refractivity contribution in [3.05, 3.63) is 0 Å². The number of aliphatic hydroxyl groups is 4. The van der Waals surface area contributed by atoms with Crippen LogP contribution >= 0.6 is 23.5 Å². The van der Waals surface area contributed by atoms with Crippen LogP contribution in [0.25, 0.3) is 0 Å². The van der Waals surface area contributed by atoms with Crippen molar-refractivity contribution in [2.75, 3.05) is 102 Å². The van der Waals surface area contributed by atoms with Crippen molar-refractivity contribution in [1.82, 2.24) is 9.80 Å². The summed E-state index contributed by atoms with van der Waals surface area (Å²) in [6.07, 6.45) is 1.89. The van der Waals surface area contributed by atoms with E-state index in [0.717, 1.165) is 47.2 Å². The fourth-order valence-corrected chi connectivity index (χ4v) is 6.80. The van der Waals surface area contributed by atoms with Gasteiger partial charge in [-0.15, -0.1) is 0 Å². The fourth-order valence-electron chi connectivity index (χ4n) is 4.80. The van der Waals surface area contributed by atoms with Crippen molar-refractivity contribution in [3.8, 4) is 0 Å². The Kier molecular flexibility index (Phi) is 38.3. The number of rotatable bonds is 41. The van der Waals surface area contributed by atoms with Crippen molar-refractivity contribution in [1.29, 1.82) is 0 Å². The van der Waals surface area contributed by atoms with E-state index in [1.54, 1.807) is 0 Å². The van der Waals surface area contributed by atoms with Gasteiger partial charge in [0.1, 0.15) is 12.1 Å². The molecule has 0 aliphatic carbocycles. The molecule has 0 aliphatic rings. The minimum absolute atomic E-state index is 0.0425. The molecule has 0 spiro atoms. The molecular weight excluding hydrogens is 857 g/mol. The molecule has 61 heavy (non-hydrogen) atoms. The Bertz CT molecular complexity index is 1180. The van der Waals surface area contributed by atoms with Crippen LogP contribution < -0.4 is 0 Å². The first-order chi connectivity index (χ1) is 28.8. The van der Waals surface area contributed by atoms with Crippen LogP contribution in [0.15, 0.2) is 0 Å². The summed E-state index contributed by atoms with van der Waals surface area (Å²) >= 11 is 2.36. The van der Waals surface area contributed by atoms with Crippen molar-refractivity contribution in [3.63, 3.8) is 0 Å². The molecule has 0 fully saturated rings. The van der Waals surface area contributed by atoms with Crippen LogP contribution in [0.1, 0.15) is 58.8 Å². The van der Waals surface area contributed by atoms with Crippen LogP contribution in [0.3, 0.4) is 0 Å². The van der Waals surface area contributed by atoms with Crippen molar-refractivity contribution < 1.29 is 98.8 Å². The lowest BCUT2D eigenvalue weighted by Gasteiger charge is -2.25. The smallest absolute Gasteiger partial charge is 0.321 e. The van der Waals surface area contributed by atoms with Gasteiger partial charge in [0.05, 0.1) is 77.0 Å². The number of carbonyl (C=O) groups is 6. The van der Waals surface area contributed by atoms with Crippen LogP contribution in [-0.2, 0) is 47.7 Å². The zero-order valence-electron chi connectivity index (χ0n) is 35.0. The Hall–Kier alpha value is -2.88. The van der Waals surface area contributed by atoms with Crippen molar-refractivity contribution in [2.24, 2.45) is 0 Å². The number of ether oxygens (including phenoxy) is 4. The highest BCUT2D eigenvalue weighted by molar-refractivity contribution is 7.99. The highest BCUT2D eigenvalue weighted by atomic mass is 32.2. The van der Waals surface area contributed by atoms with Gasteiger partial charge in [0.25, 0.3) is 0 Å². The van der Waals surface area contributed by atoms with Gasteiger partial charge in [0.2, 0.25) is 0 Å². The van der Waals surface area contributed by atoms with E-state index < -0.39 is 98.5 Å². The molecule has 0 bridgehead atoms. The average Bonchev–Trinajstić information content (AvgIpc) is 3.16. The lowest BCUT2D eigenvalue weighted by molar-refractivity contribution is -0.151. The molecule has 10 N–H and O–H groups in total. The molecule has 0 saturated heterocycles. The molecule has 24 heteroatoms. The summed E-state index contributed by atoms with van der Waals surface area (Å²) in [6, 6.07) is -2.55. The van der Waals surface area contributed by atoms with E-state index in [1.807, 2.05) is 13.8 Å². The predicted molar refractivity (Wildman–Crippen MR) is 222 cm³/mol. The molecule has 6 unspecified atom stereocenters. The Morgan fingerprint density at radius 2 is 0.770 bits per heavy atom. The second-order valence-corrected chi connectivity index (χ2v) is 15.9. The van der Waals surface area contributed by atoms with Gasteiger partial charge in [-0.05, 0) is 50.7 Å². The maximum atomic E-state index is 11.4. The number of hydrogen-bond acceptors (Lipinski definition) is 18. The molecule has 0 saturated carbocycles. The SMILES string of the molecule is CCC(O)COCCCCOCC(O)CSCC(C(=O)O)N(CC(=O)O)CC(=O)O.CCC(O)COCCCCOCC(O)CSCCC(C(=O)O)N(CC(=O)O)CC(=O)O. The number of aliphatic hydroxyl groups excluding tert-OH is 4. The zero-order chi connectivity index (χ0) is 46.6. The third kappa shape index (κ3) is 37.4. The van der Waals surface area contributed by atoms with Gasteiger partial charge in [-0.25, -0.2) is 0 Å². The number of carboxylic acid groups (broad SMARTS) is 6. The van der Waals surface area contributed by atoms with Gasteiger partial charge in [-0.3, -0.25) is 38.6 Å². The molecule has 0 heterocycles. The first-order valence-electron chi connectivity index (χ1n) is 19.8. The maximum Gasteiger partial charge on any atom is 0.321 e. The Morgan fingerprint density at radius 1 is 0.459 bits per heavy atom. The standard InChI is InChI=1S/C19H35NO10S.C18H33NO10S/c1-2-14(21)11-29-6-3-4-7-30-12-15(22)13-31-8-5-16(19(27)28)20(9-17(23)24)10-18(25)26;1-2-13(20)9-28-5-3-4-6-29-10-14(21)11-30-12-15(18(26)27)19(7-16(22)23)8-17(24)25/h14-16,21-22H,2-13H2,1H3,(H,23,24)(H,25,26)(H,27,28);13-15,20-21H,2-12H2,1H3,(H,22,23)(H,24,25)(H,26,27).